The van der Waals surface area contributed by atoms with E-state index in [0.29, 0.717) is 22.3 Å². The molecule has 1 heterocycles. The number of nitrogens with one attached hydrogen (secondary N) is 1. The molecule has 1 aliphatic carbocycles. The summed E-state index contributed by atoms with van der Waals surface area (Å²) in [6.07, 6.45) is 0.0158. The normalized spacial score (nSPS) is 21.6. The third-order valence-corrected chi connectivity index (χ3v) is 6.59. The Labute approximate surface area is 190 Å². The molecule has 2 atom stereocenters. The highest BCUT2D eigenvalue weighted by atomic mass is 19.4. The Morgan fingerprint density at radius 3 is 2.33 bits per heavy atom. The third kappa shape index (κ3) is 4.90. The van der Waals surface area contributed by atoms with Crippen LogP contribution in [0.15, 0.2) is 48.5 Å². The molecule has 1 aliphatic heterocycles. The van der Waals surface area contributed by atoms with Crippen molar-refractivity contribution in [2.45, 2.75) is 62.9 Å². The number of fused-ring (bicyclic) bond motifs is 1. The second-order valence-electron chi connectivity index (χ2n) is 8.75. The Morgan fingerprint density at radius 2 is 1.70 bits per heavy atom. The maximum absolute atomic E-state index is 13.7. The van der Waals surface area contributed by atoms with Gasteiger partial charge in [-0.2, -0.15) is 13.2 Å². The van der Waals surface area contributed by atoms with Crippen LogP contribution >= 0.6 is 0 Å². The van der Waals surface area contributed by atoms with E-state index in [1.54, 1.807) is 53.4 Å². The SMILES string of the molecule is O=C(NCC(F)(F)F)[C@@H]1c2ccccc2C(=O)N(C2CCCCC2)[C@H]1c1ccc(CO)cc1. The number of aliphatic hydroxyl groups is 1. The number of nitrogens with zero attached hydrogens (tertiary/aromatic N) is 1. The van der Waals surface area contributed by atoms with Gasteiger partial charge >= 0.3 is 6.18 Å². The number of carbonyl (C=O) groups is 2. The minimum atomic E-state index is -4.54. The first kappa shape index (κ1) is 23.3. The van der Waals surface area contributed by atoms with Gasteiger partial charge in [0.15, 0.2) is 0 Å². The standard InChI is InChI=1S/C25H27F3N2O3/c26-25(27,28)15-29-23(32)21-19-8-4-5-9-20(19)24(33)30(18-6-2-1-3-7-18)22(21)17-12-10-16(14-31)11-13-17/h4-5,8-13,18,21-22,31H,1-3,6-7,14-15H2,(H,29,32)/t21-,22+/m1/s1. The van der Waals surface area contributed by atoms with Crippen LogP contribution in [0.5, 0.6) is 0 Å². The van der Waals surface area contributed by atoms with Crippen LogP contribution in [0.1, 0.15) is 71.1 Å². The molecule has 5 nitrogen and oxygen atoms in total. The van der Waals surface area contributed by atoms with E-state index in [1.807, 2.05) is 0 Å². The van der Waals surface area contributed by atoms with Crippen LogP contribution in [0.3, 0.4) is 0 Å². The van der Waals surface area contributed by atoms with E-state index in [2.05, 4.69) is 5.32 Å². The fourth-order valence-corrected chi connectivity index (χ4v) is 5.07. The minimum Gasteiger partial charge on any atom is -0.392 e. The molecule has 2 aliphatic rings. The summed E-state index contributed by atoms with van der Waals surface area (Å²) >= 11 is 0. The highest BCUT2D eigenvalue weighted by molar-refractivity contribution is 6.01. The van der Waals surface area contributed by atoms with Crippen molar-refractivity contribution in [3.8, 4) is 0 Å². The van der Waals surface area contributed by atoms with Crippen molar-refractivity contribution in [3.05, 3.63) is 70.8 Å². The molecule has 1 fully saturated rings. The summed E-state index contributed by atoms with van der Waals surface area (Å²) in [7, 11) is 0. The van der Waals surface area contributed by atoms with Crippen molar-refractivity contribution in [1.82, 2.24) is 10.2 Å². The number of carbonyl (C=O) groups excluding carboxylic acids is 2. The molecule has 0 radical (unpaired) electrons. The quantitative estimate of drug-likeness (QED) is 0.692. The molecular formula is C25H27F3N2O3. The third-order valence-electron chi connectivity index (χ3n) is 6.59. The lowest BCUT2D eigenvalue weighted by Gasteiger charge is -2.46. The molecular weight excluding hydrogens is 433 g/mol. The fourth-order valence-electron chi connectivity index (χ4n) is 5.07. The number of aliphatic hydroxyl groups excluding tert-OH is 1. The summed E-state index contributed by atoms with van der Waals surface area (Å²) in [5.41, 5.74) is 2.13. The van der Waals surface area contributed by atoms with Gasteiger partial charge < -0.3 is 15.3 Å². The van der Waals surface area contributed by atoms with Gasteiger partial charge in [0.1, 0.15) is 6.54 Å². The molecule has 0 saturated heterocycles. The maximum atomic E-state index is 13.7. The van der Waals surface area contributed by atoms with Gasteiger partial charge in [0.25, 0.3) is 5.91 Å². The topological polar surface area (TPSA) is 69.6 Å². The van der Waals surface area contributed by atoms with Crippen molar-refractivity contribution in [1.29, 1.82) is 0 Å². The second kappa shape index (κ2) is 9.55. The molecule has 0 bridgehead atoms. The molecule has 0 aromatic heterocycles. The average Bonchev–Trinajstić information content (AvgIpc) is 2.82. The molecule has 8 heteroatoms. The summed E-state index contributed by atoms with van der Waals surface area (Å²) < 4.78 is 38.7. The van der Waals surface area contributed by atoms with Crippen LogP contribution in [0.25, 0.3) is 0 Å². The monoisotopic (exact) mass is 460 g/mol. The van der Waals surface area contributed by atoms with Crippen molar-refractivity contribution < 1.29 is 27.9 Å². The summed E-state index contributed by atoms with van der Waals surface area (Å²) in [4.78, 5) is 28.7. The molecule has 2 aromatic carbocycles. The Hall–Kier alpha value is -2.87. The summed E-state index contributed by atoms with van der Waals surface area (Å²) in [5.74, 6) is -1.94. The number of benzene rings is 2. The Kier molecular flexibility index (Phi) is 6.74. The van der Waals surface area contributed by atoms with Crippen LogP contribution in [-0.4, -0.2) is 40.6 Å². The van der Waals surface area contributed by atoms with Crippen molar-refractivity contribution in [3.63, 3.8) is 0 Å². The van der Waals surface area contributed by atoms with Crippen LogP contribution in [0.2, 0.25) is 0 Å². The van der Waals surface area contributed by atoms with E-state index in [4.69, 9.17) is 0 Å². The molecule has 4 rings (SSSR count). The fraction of sp³-hybridized carbons (Fsp3) is 0.440. The zero-order chi connectivity index (χ0) is 23.6. The first-order valence-corrected chi connectivity index (χ1v) is 11.3. The smallest absolute Gasteiger partial charge is 0.392 e. The van der Waals surface area contributed by atoms with Crippen molar-refractivity contribution >= 4 is 11.8 Å². The largest absolute Gasteiger partial charge is 0.405 e. The van der Waals surface area contributed by atoms with E-state index in [-0.39, 0.29) is 18.6 Å². The van der Waals surface area contributed by atoms with Crippen LogP contribution in [0.4, 0.5) is 13.2 Å². The van der Waals surface area contributed by atoms with Gasteiger partial charge in [0.2, 0.25) is 5.91 Å². The number of hydrogen-bond donors (Lipinski definition) is 2. The number of rotatable bonds is 5. The predicted octanol–water partition coefficient (Wildman–Crippen LogP) is 4.47. The number of amides is 2. The van der Waals surface area contributed by atoms with E-state index in [1.165, 1.54) is 0 Å². The Bertz CT molecular complexity index is 1000. The predicted molar refractivity (Wildman–Crippen MR) is 116 cm³/mol. The van der Waals surface area contributed by atoms with Crippen LogP contribution in [0, 0.1) is 0 Å². The molecule has 176 valence electrons. The molecule has 1 saturated carbocycles. The van der Waals surface area contributed by atoms with Crippen molar-refractivity contribution in [2.24, 2.45) is 0 Å². The van der Waals surface area contributed by atoms with Gasteiger partial charge in [0.05, 0.1) is 18.6 Å². The average molecular weight is 460 g/mol. The first-order chi connectivity index (χ1) is 15.8. The minimum absolute atomic E-state index is 0.0972. The van der Waals surface area contributed by atoms with Gasteiger partial charge in [-0.1, -0.05) is 61.7 Å². The Balaban J connectivity index is 1.83. The van der Waals surface area contributed by atoms with E-state index in [9.17, 15) is 27.9 Å². The lowest BCUT2D eigenvalue weighted by molar-refractivity contribution is -0.140. The number of hydrogen-bond acceptors (Lipinski definition) is 3. The molecule has 0 spiro atoms. The first-order valence-electron chi connectivity index (χ1n) is 11.3. The van der Waals surface area contributed by atoms with E-state index in [0.717, 1.165) is 32.1 Å². The summed E-state index contributed by atoms with van der Waals surface area (Å²) in [6.45, 7) is -1.59. The summed E-state index contributed by atoms with van der Waals surface area (Å²) in [6, 6.07) is 12.8. The van der Waals surface area contributed by atoms with Gasteiger partial charge in [-0.15, -0.1) is 0 Å². The molecule has 2 amide bonds. The van der Waals surface area contributed by atoms with Gasteiger partial charge in [-0.25, -0.2) is 0 Å². The van der Waals surface area contributed by atoms with E-state index < -0.39 is 30.6 Å². The van der Waals surface area contributed by atoms with Crippen LogP contribution < -0.4 is 5.32 Å². The van der Waals surface area contributed by atoms with Gasteiger partial charge in [-0.05, 0) is 35.6 Å². The molecule has 33 heavy (non-hydrogen) atoms. The molecule has 2 aromatic rings. The number of alkyl halides is 3. The van der Waals surface area contributed by atoms with Gasteiger partial charge in [0, 0.05) is 11.6 Å². The molecule has 0 unspecified atom stereocenters. The lowest BCUT2D eigenvalue weighted by atomic mass is 9.77. The highest BCUT2D eigenvalue weighted by Crippen LogP contribution is 2.45. The molecule has 2 N–H and O–H groups in total. The number of halogens is 3. The van der Waals surface area contributed by atoms with E-state index >= 15 is 0 Å². The van der Waals surface area contributed by atoms with Crippen LogP contribution in [-0.2, 0) is 11.4 Å². The lowest BCUT2D eigenvalue weighted by Crippen LogP contribution is -2.52. The van der Waals surface area contributed by atoms with Crippen molar-refractivity contribution in [2.75, 3.05) is 6.54 Å². The van der Waals surface area contributed by atoms with Gasteiger partial charge in [-0.3, -0.25) is 9.59 Å². The zero-order valence-electron chi connectivity index (χ0n) is 18.1. The summed E-state index contributed by atoms with van der Waals surface area (Å²) in [5, 5.41) is 11.5. The second-order valence-corrected chi connectivity index (χ2v) is 8.75. The Morgan fingerprint density at radius 1 is 1.03 bits per heavy atom. The zero-order valence-corrected chi connectivity index (χ0v) is 18.1. The highest BCUT2D eigenvalue weighted by Gasteiger charge is 2.47. The maximum Gasteiger partial charge on any atom is 0.405 e.